The molecule has 10 heteroatoms. The molecule has 0 atom stereocenters. The van der Waals surface area contributed by atoms with Gasteiger partial charge in [-0.1, -0.05) is 114 Å². The monoisotopic (exact) mass is 886 g/mol. The van der Waals surface area contributed by atoms with Crippen LogP contribution in [0.3, 0.4) is 0 Å². The number of nitriles is 4. The molecule has 7 aliphatic heterocycles. The second-order valence-corrected chi connectivity index (χ2v) is 18.4. The zero-order valence-electron chi connectivity index (χ0n) is 38.2. The van der Waals surface area contributed by atoms with Crippen LogP contribution in [0.15, 0.2) is 146 Å². The third-order valence-corrected chi connectivity index (χ3v) is 11.6. The molecule has 16 bridgehead atoms. The van der Waals surface area contributed by atoms with Crippen molar-refractivity contribution in [2.45, 2.75) is 52.4 Å². The van der Waals surface area contributed by atoms with Crippen LogP contribution >= 0.6 is 0 Å². The Morgan fingerprint density at radius 1 is 0.309 bits per heavy atom. The van der Waals surface area contributed by atoms with Crippen molar-refractivity contribution in [1.82, 2.24) is 9.97 Å². The molecule has 0 amide bonds. The molecular formula is C58H42N6O4. The Hall–Kier alpha value is -9.22. The molecule has 0 aliphatic carbocycles. The average Bonchev–Trinajstić information content (AvgIpc) is 3.34. The Morgan fingerprint density at radius 2 is 0.529 bits per heavy atom. The smallest absolute Gasteiger partial charge is 0.240 e. The lowest BCUT2D eigenvalue weighted by atomic mass is 9.83. The van der Waals surface area contributed by atoms with E-state index >= 15 is 0 Å². The molecule has 0 unspecified atom stereocenters. The van der Waals surface area contributed by atoms with E-state index in [0.717, 1.165) is 55.6 Å². The molecular weight excluding hydrogens is 845 g/mol. The fourth-order valence-electron chi connectivity index (χ4n) is 7.69. The Balaban J connectivity index is 1.16. The average molecular weight is 887 g/mol. The van der Waals surface area contributed by atoms with E-state index in [1.165, 1.54) is 12.1 Å². The summed E-state index contributed by atoms with van der Waals surface area (Å²) < 4.78 is 24.9. The summed E-state index contributed by atoms with van der Waals surface area (Å²) in [7, 11) is 0. The first-order chi connectivity index (χ1) is 32.7. The first-order valence-corrected chi connectivity index (χ1v) is 21.8. The molecule has 0 fully saturated rings. The topological polar surface area (TPSA) is 158 Å². The number of benzene rings is 6. The van der Waals surface area contributed by atoms with E-state index < -0.39 is 0 Å². The predicted molar refractivity (Wildman–Crippen MR) is 260 cm³/mol. The van der Waals surface area contributed by atoms with Gasteiger partial charge in [0.25, 0.3) is 0 Å². The first kappa shape index (κ1) is 44.0. The molecule has 10 nitrogen and oxygen atoms in total. The highest BCUT2D eigenvalue weighted by Crippen LogP contribution is 2.39. The molecule has 0 saturated carbocycles. The van der Waals surface area contributed by atoms with Gasteiger partial charge in [0.2, 0.25) is 23.5 Å². The van der Waals surface area contributed by atoms with Crippen LogP contribution in [0.2, 0.25) is 0 Å². The summed E-state index contributed by atoms with van der Waals surface area (Å²) in [6.07, 6.45) is 0. The predicted octanol–water partition coefficient (Wildman–Crippen LogP) is 14.7. The Labute approximate surface area is 395 Å². The fraction of sp³-hybridized carbons (Fsp3) is 0.138. The second kappa shape index (κ2) is 17.6. The van der Waals surface area contributed by atoms with Gasteiger partial charge in [0.15, 0.2) is 0 Å². The molecule has 0 radical (unpaired) electrons. The van der Waals surface area contributed by atoms with E-state index in [-0.39, 0.29) is 56.6 Å². The number of aromatic nitrogens is 2. The number of hydrogen-bond acceptors (Lipinski definition) is 10. The zero-order chi connectivity index (χ0) is 47.7. The van der Waals surface area contributed by atoms with Gasteiger partial charge >= 0.3 is 0 Å². The standard InChI is InChI=1S/C58H42N6O4/c1-57(2,3)47-27-39-23-40(28-47)36-9-17-50(18-10-36)66-54-44(32-60)26-46(34-62)56(64-54)68-52-21-13-38(14-22-52)42-24-41(29-48(30-42)58(4,5)6)37-11-19-51(20-12-37)67-55-45(33-61)25-43(31-59)53(63-55)65-49-15-7-35(39)8-16-49/h7-30H,1-6H3. The van der Waals surface area contributed by atoms with Crippen molar-refractivity contribution in [3.8, 4) is 115 Å². The van der Waals surface area contributed by atoms with Gasteiger partial charge in [0.05, 0.1) is 0 Å². The van der Waals surface area contributed by atoms with E-state index in [9.17, 15) is 21.0 Å². The van der Waals surface area contributed by atoms with Gasteiger partial charge in [-0.05, 0) is 139 Å². The van der Waals surface area contributed by atoms with Crippen LogP contribution in [0, 0.1) is 45.3 Å². The van der Waals surface area contributed by atoms with Crippen LogP contribution in [0.1, 0.15) is 74.9 Å². The fourth-order valence-corrected chi connectivity index (χ4v) is 7.69. The van der Waals surface area contributed by atoms with Crippen LogP contribution in [0.4, 0.5) is 0 Å². The summed E-state index contributed by atoms with van der Waals surface area (Å²) in [5, 5.41) is 40.3. The molecule has 9 heterocycles. The van der Waals surface area contributed by atoms with Crippen molar-refractivity contribution >= 4 is 0 Å². The van der Waals surface area contributed by atoms with Crippen LogP contribution < -0.4 is 18.9 Å². The summed E-state index contributed by atoms with van der Waals surface area (Å²) in [6, 6.07) is 54.2. The van der Waals surface area contributed by atoms with E-state index in [4.69, 9.17) is 18.9 Å². The highest BCUT2D eigenvalue weighted by molar-refractivity contribution is 5.77. The zero-order valence-corrected chi connectivity index (χ0v) is 38.2. The summed E-state index contributed by atoms with van der Waals surface area (Å²) in [4.78, 5) is 9.10. The van der Waals surface area contributed by atoms with Crippen molar-refractivity contribution in [3.63, 3.8) is 0 Å². The van der Waals surface area contributed by atoms with Gasteiger partial charge in [-0.25, -0.2) is 0 Å². The normalized spacial score (nSPS) is 11.8. The molecule has 328 valence electrons. The summed E-state index contributed by atoms with van der Waals surface area (Å²) in [5.41, 5.74) is 9.88. The van der Waals surface area contributed by atoms with Gasteiger partial charge in [-0.2, -0.15) is 31.0 Å². The van der Waals surface area contributed by atoms with E-state index in [1.54, 1.807) is 0 Å². The maximum absolute atomic E-state index is 10.1. The molecule has 7 aliphatic rings. The third-order valence-electron chi connectivity index (χ3n) is 11.6. The Kier molecular flexibility index (Phi) is 11.4. The number of hydrogen-bond donors (Lipinski definition) is 0. The lowest BCUT2D eigenvalue weighted by Gasteiger charge is -2.22. The molecule has 2 aromatic heterocycles. The van der Waals surface area contributed by atoms with E-state index in [0.29, 0.717) is 23.0 Å². The molecule has 68 heavy (non-hydrogen) atoms. The Bertz CT molecular complexity index is 3000. The number of nitrogens with zero attached hydrogens (tertiary/aromatic N) is 6. The highest BCUT2D eigenvalue weighted by atomic mass is 16.5. The van der Waals surface area contributed by atoms with Gasteiger partial charge < -0.3 is 18.9 Å². The van der Waals surface area contributed by atoms with Crippen molar-refractivity contribution in [1.29, 1.82) is 21.0 Å². The van der Waals surface area contributed by atoms with Gasteiger partial charge in [-0.3, -0.25) is 0 Å². The summed E-state index contributed by atoms with van der Waals surface area (Å²) in [5.74, 6) is 1.78. The van der Waals surface area contributed by atoms with Crippen molar-refractivity contribution in [3.05, 3.63) is 179 Å². The number of ether oxygens (including phenoxy) is 4. The summed E-state index contributed by atoms with van der Waals surface area (Å²) >= 11 is 0. The number of rotatable bonds is 0. The number of pyridine rings is 2. The van der Waals surface area contributed by atoms with Gasteiger partial charge in [-0.15, -0.1) is 0 Å². The highest BCUT2D eigenvalue weighted by Gasteiger charge is 2.22. The summed E-state index contributed by atoms with van der Waals surface area (Å²) in [6.45, 7) is 13.0. The lowest BCUT2D eigenvalue weighted by Crippen LogP contribution is -2.11. The maximum atomic E-state index is 10.1. The maximum Gasteiger partial charge on any atom is 0.240 e. The quantitative estimate of drug-likeness (QED) is 0.143. The second-order valence-electron chi connectivity index (χ2n) is 18.4. The minimum atomic E-state index is -0.179. The van der Waals surface area contributed by atoms with Crippen molar-refractivity contribution in [2.75, 3.05) is 0 Å². The van der Waals surface area contributed by atoms with Crippen LogP contribution in [-0.4, -0.2) is 9.97 Å². The molecule has 8 aromatic rings. The molecule has 15 rings (SSSR count). The minimum Gasteiger partial charge on any atom is -0.438 e. The lowest BCUT2D eigenvalue weighted by molar-refractivity contribution is 0.423. The van der Waals surface area contributed by atoms with Crippen LogP contribution in [0.5, 0.6) is 46.5 Å². The largest absolute Gasteiger partial charge is 0.438 e. The molecule has 0 N–H and O–H groups in total. The van der Waals surface area contributed by atoms with Crippen LogP contribution in [0.25, 0.3) is 44.5 Å². The van der Waals surface area contributed by atoms with Gasteiger partial charge in [0.1, 0.15) is 69.5 Å². The first-order valence-electron chi connectivity index (χ1n) is 21.8. The van der Waals surface area contributed by atoms with E-state index in [1.807, 2.05) is 97.1 Å². The molecule has 0 spiro atoms. The Morgan fingerprint density at radius 3 is 0.721 bits per heavy atom. The minimum absolute atomic E-state index is 0.00618. The van der Waals surface area contributed by atoms with Gasteiger partial charge in [0, 0.05) is 0 Å². The molecule has 0 saturated heterocycles. The van der Waals surface area contributed by atoms with E-state index in [2.05, 4.69) is 112 Å². The van der Waals surface area contributed by atoms with Crippen LogP contribution in [-0.2, 0) is 10.8 Å². The SMILES string of the molecule is CC(C)(C)c1cc2cc(c1)-c1ccc(cc1)Oc1nc(c(C#N)cc1C#N)Oc1ccc(cc1)-c1cc(cc(C(C)(C)C)c1)-c1ccc(cc1)Oc1nc(c(C#N)cc1C#N)Oc1ccc-2cc1. The third kappa shape index (κ3) is 9.17. The van der Waals surface area contributed by atoms with Crippen molar-refractivity contribution in [2.24, 2.45) is 0 Å². The van der Waals surface area contributed by atoms with Crippen molar-refractivity contribution < 1.29 is 18.9 Å². The molecule has 6 aromatic carbocycles.